The van der Waals surface area contributed by atoms with Gasteiger partial charge in [0.25, 0.3) is 0 Å². The quantitative estimate of drug-likeness (QED) is 0.743. The average Bonchev–Trinajstić information content (AvgIpc) is 2.23. The number of aryl methyl sites for hydroxylation is 1. The standard InChI is InChI=1S/C11H18N4/c1-8-7-15(6-5-10(8)12)11-4-3-9(2)13-14-11/h3-4,8,10H,5-7,12H2,1-2H3. The Hall–Kier alpha value is -1.16. The maximum atomic E-state index is 5.98. The molecule has 2 unspecified atom stereocenters. The Morgan fingerprint density at radius 3 is 2.80 bits per heavy atom. The summed E-state index contributed by atoms with van der Waals surface area (Å²) in [5.74, 6) is 1.50. The molecule has 15 heavy (non-hydrogen) atoms. The fourth-order valence-electron chi connectivity index (χ4n) is 1.93. The van der Waals surface area contributed by atoms with Gasteiger partial charge in [-0.3, -0.25) is 0 Å². The van der Waals surface area contributed by atoms with E-state index in [0.29, 0.717) is 12.0 Å². The molecule has 1 aliphatic rings. The normalized spacial score (nSPS) is 26.7. The van der Waals surface area contributed by atoms with Crippen LogP contribution in [0.25, 0.3) is 0 Å². The van der Waals surface area contributed by atoms with Crippen LogP contribution >= 0.6 is 0 Å². The predicted octanol–water partition coefficient (Wildman–Crippen LogP) is 0.959. The van der Waals surface area contributed by atoms with Crippen LogP contribution in [0.1, 0.15) is 19.0 Å². The number of hydrogen-bond acceptors (Lipinski definition) is 4. The highest BCUT2D eigenvalue weighted by atomic mass is 15.3. The van der Waals surface area contributed by atoms with E-state index in [0.717, 1.165) is 31.0 Å². The number of nitrogens with two attached hydrogens (primary N) is 1. The summed E-state index contributed by atoms with van der Waals surface area (Å²) in [7, 11) is 0. The topological polar surface area (TPSA) is 55.0 Å². The summed E-state index contributed by atoms with van der Waals surface area (Å²) in [6, 6.07) is 4.37. The Morgan fingerprint density at radius 1 is 1.40 bits per heavy atom. The van der Waals surface area contributed by atoms with Crippen molar-refractivity contribution in [1.29, 1.82) is 0 Å². The molecule has 4 nitrogen and oxygen atoms in total. The van der Waals surface area contributed by atoms with Gasteiger partial charge in [-0.1, -0.05) is 6.92 Å². The maximum Gasteiger partial charge on any atom is 0.151 e. The van der Waals surface area contributed by atoms with Crippen LogP contribution in [0.4, 0.5) is 5.82 Å². The van der Waals surface area contributed by atoms with Gasteiger partial charge in [-0.05, 0) is 31.4 Å². The second-order valence-corrected chi connectivity index (χ2v) is 4.41. The monoisotopic (exact) mass is 206 g/mol. The van der Waals surface area contributed by atoms with E-state index in [1.807, 2.05) is 19.1 Å². The van der Waals surface area contributed by atoms with E-state index < -0.39 is 0 Å². The number of hydrogen-bond donors (Lipinski definition) is 1. The summed E-state index contributed by atoms with van der Waals surface area (Å²) in [6.07, 6.45) is 1.04. The zero-order chi connectivity index (χ0) is 10.8. The Labute approximate surface area is 90.5 Å². The van der Waals surface area contributed by atoms with Gasteiger partial charge in [0, 0.05) is 19.1 Å². The molecule has 0 aliphatic carbocycles. The van der Waals surface area contributed by atoms with E-state index in [2.05, 4.69) is 22.0 Å². The molecule has 0 bridgehead atoms. The first-order chi connectivity index (χ1) is 7.16. The highest BCUT2D eigenvalue weighted by molar-refractivity contribution is 5.38. The summed E-state index contributed by atoms with van der Waals surface area (Å²) in [6.45, 7) is 6.12. The van der Waals surface area contributed by atoms with Gasteiger partial charge in [0.15, 0.2) is 5.82 Å². The number of anilines is 1. The number of piperidine rings is 1. The molecular weight excluding hydrogens is 188 g/mol. The molecule has 1 saturated heterocycles. The van der Waals surface area contributed by atoms with Crippen LogP contribution in [0, 0.1) is 12.8 Å². The van der Waals surface area contributed by atoms with Crippen LogP contribution < -0.4 is 10.6 Å². The summed E-state index contributed by atoms with van der Waals surface area (Å²) < 4.78 is 0. The van der Waals surface area contributed by atoms with E-state index in [9.17, 15) is 0 Å². The molecule has 1 aromatic heterocycles. The highest BCUT2D eigenvalue weighted by Crippen LogP contribution is 2.19. The van der Waals surface area contributed by atoms with Crippen molar-refractivity contribution in [3.05, 3.63) is 17.8 Å². The molecule has 0 saturated carbocycles. The molecule has 82 valence electrons. The lowest BCUT2D eigenvalue weighted by atomic mass is 9.95. The summed E-state index contributed by atoms with van der Waals surface area (Å²) >= 11 is 0. The average molecular weight is 206 g/mol. The third-order valence-corrected chi connectivity index (χ3v) is 3.08. The Bertz CT molecular complexity index is 322. The zero-order valence-corrected chi connectivity index (χ0v) is 9.35. The first-order valence-corrected chi connectivity index (χ1v) is 5.47. The predicted molar refractivity (Wildman–Crippen MR) is 60.7 cm³/mol. The molecule has 2 rings (SSSR count). The molecule has 2 N–H and O–H groups in total. The molecule has 1 aliphatic heterocycles. The maximum absolute atomic E-state index is 5.98. The van der Waals surface area contributed by atoms with Crippen LogP contribution in [0.5, 0.6) is 0 Å². The summed E-state index contributed by atoms with van der Waals surface area (Å²) in [4.78, 5) is 2.26. The summed E-state index contributed by atoms with van der Waals surface area (Å²) in [5.41, 5.74) is 6.94. The van der Waals surface area contributed by atoms with Gasteiger partial charge >= 0.3 is 0 Å². The van der Waals surface area contributed by atoms with Crippen LogP contribution in [0.3, 0.4) is 0 Å². The number of aromatic nitrogens is 2. The Kier molecular flexibility index (Phi) is 2.86. The van der Waals surface area contributed by atoms with E-state index in [1.54, 1.807) is 0 Å². The van der Waals surface area contributed by atoms with Crippen molar-refractivity contribution in [3.8, 4) is 0 Å². The third kappa shape index (κ3) is 2.26. The minimum atomic E-state index is 0.333. The smallest absolute Gasteiger partial charge is 0.151 e. The van der Waals surface area contributed by atoms with Gasteiger partial charge in [0.1, 0.15) is 0 Å². The lowest BCUT2D eigenvalue weighted by molar-refractivity contribution is 0.381. The first-order valence-electron chi connectivity index (χ1n) is 5.47. The van der Waals surface area contributed by atoms with Crippen molar-refractivity contribution >= 4 is 5.82 Å². The van der Waals surface area contributed by atoms with Gasteiger partial charge in [-0.25, -0.2) is 0 Å². The summed E-state index contributed by atoms with van der Waals surface area (Å²) in [5, 5.41) is 8.27. The first kappa shape index (κ1) is 10.4. The second-order valence-electron chi connectivity index (χ2n) is 4.41. The van der Waals surface area contributed by atoms with E-state index in [1.165, 1.54) is 0 Å². The number of rotatable bonds is 1. The largest absolute Gasteiger partial charge is 0.355 e. The van der Waals surface area contributed by atoms with Crippen molar-refractivity contribution in [1.82, 2.24) is 10.2 Å². The van der Waals surface area contributed by atoms with Crippen LogP contribution in [0.15, 0.2) is 12.1 Å². The molecule has 1 fully saturated rings. The van der Waals surface area contributed by atoms with Gasteiger partial charge in [0.2, 0.25) is 0 Å². The number of nitrogens with zero attached hydrogens (tertiary/aromatic N) is 3. The van der Waals surface area contributed by atoms with Crippen molar-refractivity contribution in [2.45, 2.75) is 26.3 Å². The van der Waals surface area contributed by atoms with Crippen molar-refractivity contribution < 1.29 is 0 Å². The van der Waals surface area contributed by atoms with E-state index in [-0.39, 0.29) is 0 Å². The van der Waals surface area contributed by atoms with Gasteiger partial charge in [-0.15, -0.1) is 5.10 Å². The van der Waals surface area contributed by atoms with E-state index in [4.69, 9.17) is 5.73 Å². The van der Waals surface area contributed by atoms with Gasteiger partial charge < -0.3 is 10.6 Å². The fraction of sp³-hybridized carbons (Fsp3) is 0.636. The minimum Gasteiger partial charge on any atom is -0.355 e. The van der Waals surface area contributed by atoms with Crippen LogP contribution in [0.2, 0.25) is 0 Å². The van der Waals surface area contributed by atoms with Crippen molar-refractivity contribution in [3.63, 3.8) is 0 Å². The lowest BCUT2D eigenvalue weighted by Crippen LogP contribution is -2.46. The SMILES string of the molecule is Cc1ccc(N2CCC(N)C(C)C2)nn1. The molecule has 4 heteroatoms. The molecule has 0 aromatic carbocycles. The molecule has 0 spiro atoms. The highest BCUT2D eigenvalue weighted by Gasteiger charge is 2.23. The molecule has 2 heterocycles. The van der Waals surface area contributed by atoms with Crippen LogP contribution in [-0.4, -0.2) is 29.3 Å². The molecule has 1 aromatic rings. The third-order valence-electron chi connectivity index (χ3n) is 3.08. The van der Waals surface area contributed by atoms with Crippen molar-refractivity contribution in [2.24, 2.45) is 11.7 Å². The minimum absolute atomic E-state index is 0.333. The molecule has 2 atom stereocenters. The molecular formula is C11H18N4. The fourth-order valence-corrected chi connectivity index (χ4v) is 1.93. The Balaban J connectivity index is 2.08. The van der Waals surface area contributed by atoms with Gasteiger partial charge in [-0.2, -0.15) is 5.10 Å². The van der Waals surface area contributed by atoms with Crippen LogP contribution in [-0.2, 0) is 0 Å². The lowest BCUT2D eigenvalue weighted by Gasteiger charge is -2.35. The molecule has 0 radical (unpaired) electrons. The second kappa shape index (κ2) is 4.14. The van der Waals surface area contributed by atoms with Gasteiger partial charge in [0.05, 0.1) is 5.69 Å². The molecule has 0 amide bonds. The van der Waals surface area contributed by atoms with E-state index >= 15 is 0 Å². The van der Waals surface area contributed by atoms with Crippen molar-refractivity contribution in [2.75, 3.05) is 18.0 Å². The Morgan fingerprint density at radius 2 is 2.20 bits per heavy atom. The zero-order valence-electron chi connectivity index (χ0n) is 9.35.